The minimum absolute atomic E-state index is 0.0419. The van der Waals surface area contributed by atoms with E-state index in [0.717, 1.165) is 24.3 Å². The Morgan fingerprint density at radius 2 is 1.67 bits per heavy atom. The average molecular weight is 253 g/mol. The van der Waals surface area contributed by atoms with Gasteiger partial charge in [-0.05, 0) is 24.3 Å². The molecular formula is C13H10F3NO. The van der Waals surface area contributed by atoms with Crippen LogP contribution >= 0.6 is 0 Å². The Bertz CT molecular complexity index is 572. The van der Waals surface area contributed by atoms with Gasteiger partial charge in [-0.1, -0.05) is 0 Å². The zero-order valence-electron chi connectivity index (χ0n) is 9.51. The highest BCUT2D eigenvalue weighted by molar-refractivity contribution is 5.61. The maximum atomic E-state index is 13.6. The van der Waals surface area contributed by atoms with Crippen molar-refractivity contribution in [3.8, 4) is 5.75 Å². The fraction of sp³-hybridized carbons (Fsp3) is 0.0769. The van der Waals surface area contributed by atoms with Crippen molar-refractivity contribution < 1.29 is 17.9 Å². The van der Waals surface area contributed by atoms with Crippen LogP contribution in [-0.4, -0.2) is 7.11 Å². The second-order valence-electron chi connectivity index (χ2n) is 3.59. The van der Waals surface area contributed by atoms with Gasteiger partial charge in [0.2, 0.25) is 0 Å². The van der Waals surface area contributed by atoms with Gasteiger partial charge in [0.1, 0.15) is 23.2 Å². The zero-order chi connectivity index (χ0) is 13.1. The molecule has 0 aliphatic carbocycles. The predicted octanol–water partition coefficient (Wildman–Crippen LogP) is 3.86. The zero-order valence-corrected chi connectivity index (χ0v) is 9.51. The Morgan fingerprint density at radius 3 is 2.33 bits per heavy atom. The first kappa shape index (κ1) is 12.3. The topological polar surface area (TPSA) is 21.3 Å². The van der Waals surface area contributed by atoms with Gasteiger partial charge in [-0.3, -0.25) is 0 Å². The van der Waals surface area contributed by atoms with Gasteiger partial charge in [-0.2, -0.15) is 0 Å². The molecule has 2 rings (SSSR count). The molecule has 18 heavy (non-hydrogen) atoms. The van der Waals surface area contributed by atoms with E-state index in [2.05, 4.69) is 5.32 Å². The Labute approximate surface area is 102 Å². The van der Waals surface area contributed by atoms with Crippen LogP contribution in [0, 0.1) is 17.5 Å². The summed E-state index contributed by atoms with van der Waals surface area (Å²) in [5.74, 6) is -1.53. The molecule has 2 nitrogen and oxygen atoms in total. The molecule has 0 aliphatic heterocycles. The molecular weight excluding hydrogens is 243 g/mol. The van der Waals surface area contributed by atoms with Crippen molar-refractivity contribution in [1.29, 1.82) is 0 Å². The van der Waals surface area contributed by atoms with Crippen LogP contribution in [0.4, 0.5) is 24.5 Å². The number of hydrogen-bond acceptors (Lipinski definition) is 2. The third-order valence-corrected chi connectivity index (χ3v) is 2.37. The summed E-state index contributed by atoms with van der Waals surface area (Å²) >= 11 is 0. The van der Waals surface area contributed by atoms with Crippen LogP contribution in [0.1, 0.15) is 0 Å². The summed E-state index contributed by atoms with van der Waals surface area (Å²) in [5, 5.41) is 2.49. The van der Waals surface area contributed by atoms with E-state index in [1.165, 1.54) is 19.2 Å². The lowest BCUT2D eigenvalue weighted by Crippen LogP contribution is -1.97. The van der Waals surface area contributed by atoms with Crippen LogP contribution < -0.4 is 10.1 Å². The molecule has 0 amide bonds. The quantitative estimate of drug-likeness (QED) is 0.896. The van der Waals surface area contributed by atoms with Gasteiger partial charge in [0.15, 0.2) is 0 Å². The van der Waals surface area contributed by atoms with Gasteiger partial charge in [-0.15, -0.1) is 0 Å². The molecule has 5 heteroatoms. The van der Waals surface area contributed by atoms with E-state index in [-0.39, 0.29) is 11.4 Å². The SMILES string of the molecule is COc1ccc(Nc2cc(F)ccc2F)c(F)c1. The summed E-state index contributed by atoms with van der Waals surface area (Å²) in [6.07, 6.45) is 0. The number of halogens is 3. The summed E-state index contributed by atoms with van der Waals surface area (Å²) in [7, 11) is 1.41. The molecule has 1 N–H and O–H groups in total. The summed E-state index contributed by atoms with van der Waals surface area (Å²) in [4.78, 5) is 0. The Morgan fingerprint density at radius 1 is 0.889 bits per heavy atom. The number of nitrogens with one attached hydrogen (secondary N) is 1. The number of methoxy groups -OCH3 is 1. The fourth-order valence-corrected chi connectivity index (χ4v) is 1.46. The maximum Gasteiger partial charge on any atom is 0.150 e. The first-order chi connectivity index (χ1) is 8.60. The van der Waals surface area contributed by atoms with Gasteiger partial charge >= 0.3 is 0 Å². The molecule has 0 spiro atoms. The van der Waals surface area contributed by atoms with Crippen molar-refractivity contribution in [2.75, 3.05) is 12.4 Å². The Balaban J connectivity index is 2.31. The number of rotatable bonds is 3. The average Bonchev–Trinajstić information content (AvgIpc) is 2.36. The van der Waals surface area contributed by atoms with Crippen molar-refractivity contribution in [2.24, 2.45) is 0 Å². The minimum Gasteiger partial charge on any atom is -0.497 e. The number of hydrogen-bond donors (Lipinski definition) is 1. The van der Waals surface area contributed by atoms with Crippen molar-refractivity contribution in [3.63, 3.8) is 0 Å². The third kappa shape index (κ3) is 2.56. The monoisotopic (exact) mass is 253 g/mol. The van der Waals surface area contributed by atoms with Crippen LogP contribution in [0.15, 0.2) is 36.4 Å². The van der Waals surface area contributed by atoms with E-state index in [1.807, 2.05) is 0 Å². The lowest BCUT2D eigenvalue weighted by molar-refractivity contribution is 0.411. The van der Waals surface area contributed by atoms with Crippen molar-refractivity contribution in [3.05, 3.63) is 53.8 Å². The summed E-state index contributed by atoms with van der Waals surface area (Å²) < 4.78 is 44.7. The van der Waals surface area contributed by atoms with Crippen LogP contribution in [0.25, 0.3) is 0 Å². The number of anilines is 2. The van der Waals surface area contributed by atoms with Crippen LogP contribution in [-0.2, 0) is 0 Å². The number of benzene rings is 2. The van der Waals surface area contributed by atoms with E-state index in [9.17, 15) is 13.2 Å². The van der Waals surface area contributed by atoms with Gasteiger partial charge in [0, 0.05) is 12.1 Å². The Hall–Kier alpha value is -2.17. The van der Waals surface area contributed by atoms with Crippen LogP contribution in [0.3, 0.4) is 0 Å². The first-order valence-corrected chi connectivity index (χ1v) is 5.16. The molecule has 0 aliphatic rings. The molecule has 0 bridgehead atoms. The summed E-state index contributed by atoms with van der Waals surface area (Å²) in [5.41, 5.74) is -0.0839. The molecule has 0 saturated heterocycles. The fourth-order valence-electron chi connectivity index (χ4n) is 1.46. The van der Waals surface area contributed by atoms with Gasteiger partial charge < -0.3 is 10.1 Å². The molecule has 0 saturated carbocycles. The molecule has 0 aromatic heterocycles. The lowest BCUT2D eigenvalue weighted by Gasteiger charge is -2.09. The highest BCUT2D eigenvalue weighted by Crippen LogP contribution is 2.25. The molecule has 2 aromatic rings. The second kappa shape index (κ2) is 5.00. The number of ether oxygens (including phenoxy) is 1. The highest BCUT2D eigenvalue weighted by atomic mass is 19.1. The summed E-state index contributed by atoms with van der Waals surface area (Å²) in [6.45, 7) is 0. The molecule has 0 fully saturated rings. The molecule has 0 unspecified atom stereocenters. The molecule has 0 heterocycles. The Kier molecular flexibility index (Phi) is 3.41. The van der Waals surface area contributed by atoms with E-state index < -0.39 is 17.5 Å². The standard InChI is InChI=1S/C13H10F3NO/c1-18-9-3-5-12(11(16)7-9)17-13-6-8(14)2-4-10(13)15/h2-7,17H,1H3. The van der Waals surface area contributed by atoms with E-state index in [0.29, 0.717) is 5.75 Å². The highest BCUT2D eigenvalue weighted by Gasteiger charge is 2.08. The van der Waals surface area contributed by atoms with E-state index in [1.54, 1.807) is 0 Å². The van der Waals surface area contributed by atoms with Gasteiger partial charge in [0.05, 0.1) is 18.5 Å². The van der Waals surface area contributed by atoms with Crippen molar-refractivity contribution in [1.82, 2.24) is 0 Å². The predicted molar refractivity (Wildman–Crippen MR) is 62.6 cm³/mol. The molecule has 2 aromatic carbocycles. The van der Waals surface area contributed by atoms with Crippen LogP contribution in [0.2, 0.25) is 0 Å². The van der Waals surface area contributed by atoms with E-state index in [4.69, 9.17) is 4.74 Å². The van der Waals surface area contributed by atoms with Gasteiger partial charge in [-0.25, -0.2) is 13.2 Å². The van der Waals surface area contributed by atoms with Gasteiger partial charge in [0.25, 0.3) is 0 Å². The molecule has 94 valence electrons. The first-order valence-electron chi connectivity index (χ1n) is 5.16. The van der Waals surface area contributed by atoms with Crippen LogP contribution in [0.5, 0.6) is 5.75 Å². The molecule has 0 radical (unpaired) electrons. The van der Waals surface area contributed by atoms with Crippen molar-refractivity contribution >= 4 is 11.4 Å². The van der Waals surface area contributed by atoms with Crippen molar-refractivity contribution in [2.45, 2.75) is 0 Å². The lowest BCUT2D eigenvalue weighted by atomic mass is 10.2. The third-order valence-electron chi connectivity index (χ3n) is 2.37. The second-order valence-corrected chi connectivity index (χ2v) is 3.59. The largest absolute Gasteiger partial charge is 0.497 e. The summed E-state index contributed by atoms with van der Waals surface area (Å²) in [6, 6.07) is 6.98. The normalized spacial score (nSPS) is 10.2. The molecule has 0 atom stereocenters. The minimum atomic E-state index is -0.661. The van der Waals surface area contributed by atoms with E-state index >= 15 is 0 Å². The maximum absolute atomic E-state index is 13.6. The smallest absolute Gasteiger partial charge is 0.150 e.